The van der Waals surface area contributed by atoms with Crippen molar-refractivity contribution in [3.63, 3.8) is 0 Å². The van der Waals surface area contributed by atoms with Crippen molar-refractivity contribution in [2.45, 2.75) is 16.1 Å². The smallest absolute Gasteiger partial charge is 0.183 e. The minimum atomic E-state index is -3.75. The molecular weight excluding hydrogens is 334 g/mol. The van der Waals surface area contributed by atoms with Gasteiger partial charge in [0.2, 0.25) is 0 Å². The van der Waals surface area contributed by atoms with Crippen LogP contribution in [-0.2, 0) is 9.84 Å². The first-order chi connectivity index (χ1) is 11.0. The molecule has 2 aromatic carbocycles. The zero-order valence-corrected chi connectivity index (χ0v) is 13.6. The third kappa shape index (κ3) is 2.43. The average molecular weight is 348 g/mol. The van der Waals surface area contributed by atoms with Crippen LogP contribution in [0.25, 0.3) is 0 Å². The molecule has 1 fully saturated rings. The predicted molar refractivity (Wildman–Crippen MR) is 86.7 cm³/mol. The van der Waals surface area contributed by atoms with E-state index in [9.17, 15) is 18.8 Å². The standard InChI is InChI=1S/C17H14ClNO3S/c18-13-6-8-14(9-7-13)23(21,22)16-15(17(16,10-19)11-20)12-4-2-1-3-5-12/h1-9,15-16,20H,11H2/t15-,16-,17-/m0/s1. The Hall–Kier alpha value is -1.87. The van der Waals surface area contributed by atoms with Gasteiger partial charge in [-0.05, 0) is 29.8 Å². The van der Waals surface area contributed by atoms with Crippen LogP contribution in [0.1, 0.15) is 11.5 Å². The van der Waals surface area contributed by atoms with Crippen LogP contribution in [0.15, 0.2) is 59.5 Å². The third-order valence-electron chi connectivity index (χ3n) is 4.36. The van der Waals surface area contributed by atoms with E-state index in [0.29, 0.717) is 5.02 Å². The molecule has 3 atom stereocenters. The summed E-state index contributed by atoms with van der Waals surface area (Å²) < 4.78 is 25.8. The maximum absolute atomic E-state index is 12.9. The summed E-state index contributed by atoms with van der Waals surface area (Å²) in [7, 11) is -3.75. The maximum Gasteiger partial charge on any atom is 0.183 e. The molecule has 1 N–H and O–H groups in total. The minimum Gasteiger partial charge on any atom is -0.395 e. The monoisotopic (exact) mass is 347 g/mol. The van der Waals surface area contributed by atoms with E-state index in [-0.39, 0.29) is 4.90 Å². The molecule has 0 heterocycles. The molecule has 118 valence electrons. The minimum absolute atomic E-state index is 0.110. The number of aliphatic hydroxyl groups is 1. The molecule has 1 aliphatic rings. The van der Waals surface area contributed by atoms with Crippen LogP contribution in [0.4, 0.5) is 0 Å². The van der Waals surface area contributed by atoms with Crippen LogP contribution >= 0.6 is 11.6 Å². The second kappa shape index (κ2) is 5.64. The number of benzene rings is 2. The van der Waals surface area contributed by atoms with Gasteiger partial charge in [0.15, 0.2) is 9.84 Å². The first-order valence-electron chi connectivity index (χ1n) is 7.04. The highest BCUT2D eigenvalue weighted by molar-refractivity contribution is 7.92. The number of rotatable bonds is 4. The SMILES string of the molecule is N#C[C@]1(CO)[C@@H](c2ccccc2)[C@@H]1S(=O)(=O)c1ccc(Cl)cc1. The molecule has 1 aliphatic carbocycles. The lowest BCUT2D eigenvalue weighted by Crippen LogP contribution is -2.18. The van der Waals surface area contributed by atoms with Gasteiger partial charge in [-0.25, -0.2) is 8.42 Å². The molecule has 0 spiro atoms. The highest BCUT2D eigenvalue weighted by Crippen LogP contribution is 2.63. The Bertz CT molecular complexity index is 859. The van der Waals surface area contributed by atoms with Gasteiger partial charge in [-0.1, -0.05) is 41.9 Å². The highest BCUT2D eigenvalue weighted by atomic mass is 35.5. The first kappa shape index (κ1) is 16.0. The normalized spacial score (nSPS) is 26.5. The first-order valence-corrected chi connectivity index (χ1v) is 8.96. The molecule has 0 amide bonds. The average Bonchev–Trinajstić information content (AvgIpc) is 3.27. The van der Waals surface area contributed by atoms with Crippen molar-refractivity contribution in [1.29, 1.82) is 5.26 Å². The summed E-state index contributed by atoms with van der Waals surface area (Å²) in [6, 6.07) is 16.9. The van der Waals surface area contributed by atoms with E-state index in [0.717, 1.165) is 5.56 Å². The van der Waals surface area contributed by atoms with Crippen LogP contribution < -0.4 is 0 Å². The van der Waals surface area contributed by atoms with Crippen LogP contribution in [0.5, 0.6) is 0 Å². The Labute approximate surface area is 139 Å². The molecule has 0 bridgehead atoms. The van der Waals surface area contributed by atoms with Crippen molar-refractivity contribution >= 4 is 21.4 Å². The largest absolute Gasteiger partial charge is 0.395 e. The van der Waals surface area contributed by atoms with Crippen molar-refractivity contribution in [3.05, 3.63) is 65.2 Å². The lowest BCUT2D eigenvalue weighted by atomic mass is 10.0. The highest BCUT2D eigenvalue weighted by Gasteiger charge is 2.72. The molecular formula is C17H14ClNO3S. The number of hydrogen-bond acceptors (Lipinski definition) is 4. The number of halogens is 1. The number of nitrogens with zero attached hydrogens (tertiary/aromatic N) is 1. The van der Waals surface area contributed by atoms with Gasteiger partial charge < -0.3 is 5.11 Å². The topological polar surface area (TPSA) is 78.2 Å². The van der Waals surface area contributed by atoms with Crippen molar-refractivity contribution in [3.8, 4) is 6.07 Å². The van der Waals surface area contributed by atoms with E-state index in [1.54, 1.807) is 24.3 Å². The molecule has 0 aliphatic heterocycles. The van der Waals surface area contributed by atoms with Crippen LogP contribution in [0.2, 0.25) is 5.02 Å². The number of sulfone groups is 1. The summed E-state index contributed by atoms with van der Waals surface area (Å²) in [5.74, 6) is -0.542. The van der Waals surface area contributed by atoms with E-state index in [1.807, 2.05) is 12.1 Å². The fourth-order valence-electron chi connectivity index (χ4n) is 3.12. The van der Waals surface area contributed by atoms with E-state index in [4.69, 9.17) is 11.6 Å². The molecule has 0 radical (unpaired) electrons. The maximum atomic E-state index is 12.9. The van der Waals surface area contributed by atoms with Gasteiger partial charge in [0.25, 0.3) is 0 Å². The zero-order valence-electron chi connectivity index (χ0n) is 12.1. The van der Waals surface area contributed by atoms with Gasteiger partial charge in [-0.2, -0.15) is 5.26 Å². The van der Waals surface area contributed by atoms with E-state index < -0.39 is 33.0 Å². The molecule has 0 aromatic heterocycles. The third-order valence-corrected chi connectivity index (χ3v) is 6.90. The van der Waals surface area contributed by atoms with E-state index in [2.05, 4.69) is 0 Å². The summed E-state index contributed by atoms with van der Waals surface area (Å²) in [6.07, 6.45) is 0. The molecule has 23 heavy (non-hydrogen) atoms. The predicted octanol–water partition coefficient (Wildman–Crippen LogP) is 2.78. The second-order valence-corrected chi connectivity index (χ2v) is 8.12. The molecule has 4 nitrogen and oxygen atoms in total. The van der Waals surface area contributed by atoms with E-state index in [1.165, 1.54) is 24.3 Å². The Morgan fingerprint density at radius 1 is 1.13 bits per heavy atom. The van der Waals surface area contributed by atoms with Gasteiger partial charge >= 0.3 is 0 Å². The van der Waals surface area contributed by atoms with Gasteiger partial charge in [0.1, 0.15) is 5.41 Å². The fraction of sp³-hybridized carbons (Fsp3) is 0.235. The molecule has 6 heteroatoms. The number of aliphatic hydroxyl groups excluding tert-OH is 1. The summed E-state index contributed by atoms with van der Waals surface area (Å²) in [4.78, 5) is 0.110. The number of hydrogen-bond donors (Lipinski definition) is 1. The summed E-state index contributed by atoms with van der Waals surface area (Å²) in [5, 5.41) is 18.7. The Morgan fingerprint density at radius 2 is 1.74 bits per heavy atom. The van der Waals surface area contributed by atoms with Gasteiger partial charge in [-0.3, -0.25) is 0 Å². The van der Waals surface area contributed by atoms with Crippen molar-refractivity contribution in [2.75, 3.05) is 6.61 Å². The van der Waals surface area contributed by atoms with Gasteiger partial charge in [0.05, 0.1) is 22.8 Å². The molecule has 0 unspecified atom stereocenters. The van der Waals surface area contributed by atoms with Crippen LogP contribution in [-0.4, -0.2) is 25.4 Å². The van der Waals surface area contributed by atoms with E-state index >= 15 is 0 Å². The van der Waals surface area contributed by atoms with Crippen LogP contribution in [0.3, 0.4) is 0 Å². The Kier molecular flexibility index (Phi) is 3.93. The van der Waals surface area contributed by atoms with Gasteiger partial charge in [0, 0.05) is 10.9 Å². The van der Waals surface area contributed by atoms with Crippen LogP contribution in [0, 0.1) is 16.7 Å². The lowest BCUT2D eigenvalue weighted by Gasteiger charge is -2.06. The molecule has 2 aromatic rings. The van der Waals surface area contributed by atoms with Crippen molar-refractivity contribution in [1.82, 2.24) is 0 Å². The quantitative estimate of drug-likeness (QED) is 0.922. The molecule has 1 saturated carbocycles. The summed E-state index contributed by atoms with van der Waals surface area (Å²) in [6.45, 7) is -0.499. The number of nitriles is 1. The van der Waals surface area contributed by atoms with Crippen molar-refractivity contribution in [2.24, 2.45) is 5.41 Å². The van der Waals surface area contributed by atoms with Crippen molar-refractivity contribution < 1.29 is 13.5 Å². The Morgan fingerprint density at radius 3 is 2.26 bits per heavy atom. The Balaban J connectivity index is 2.07. The second-order valence-electron chi connectivity index (χ2n) is 5.62. The summed E-state index contributed by atoms with van der Waals surface area (Å²) >= 11 is 5.80. The lowest BCUT2D eigenvalue weighted by molar-refractivity contribution is 0.242. The summed E-state index contributed by atoms with van der Waals surface area (Å²) in [5.41, 5.74) is -0.564. The fourth-order valence-corrected chi connectivity index (χ4v) is 5.56. The molecule has 0 saturated heterocycles. The zero-order chi connectivity index (χ0) is 16.7. The molecule has 3 rings (SSSR count). The van der Waals surface area contributed by atoms with Gasteiger partial charge in [-0.15, -0.1) is 0 Å².